The molecule has 1 aliphatic heterocycles. The van der Waals surface area contributed by atoms with Crippen LogP contribution in [-0.4, -0.2) is 32.1 Å². The van der Waals surface area contributed by atoms with Crippen LogP contribution in [-0.2, 0) is 4.74 Å². The van der Waals surface area contributed by atoms with Crippen LogP contribution < -0.4 is 10.9 Å². The first-order chi connectivity index (χ1) is 11.6. The number of thiazole rings is 1. The molecule has 0 aliphatic carbocycles. The van der Waals surface area contributed by atoms with Crippen LogP contribution in [0.25, 0.3) is 4.96 Å². The van der Waals surface area contributed by atoms with E-state index in [1.807, 2.05) is 6.92 Å². The highest BCUT2D eigenvalue weighted by Gasteiger charge is 2.23. The largest absolute Gasteiger partial charge is 0.371 e. The lowest BCUT2D eigenvalue weighted by Crippen LogP contribution is -2.25. The molecule has 8 nitrogen and oxygen atoms in total. The molecule has 1 N–H and O–H groups in total. The quantitative estimate of drug-likeness (QED) is 0.764. The highest BCUT2D eigenvalue weighted by molar-refractivity contribution is 7.17. The Hall–Kier alpha value is -2.17. The number of carbonyl (C=O) groups is 1. The van der Waals surface area contributed by atoms with Crippen molar-refractivity contribution in [2.45, 2.75) is 25.9 Å². The van der Waals surface area contributed by atoms with Crippen molar-refractivity contribution in [3.63, 3.8) is 0 Å². The maximum absolute atomic E-state index is 12.4. The van der Waals surface area contributed by atoms with E-state index in [-0.39, 0.29) is 11.7 Å². The minimum absolute atomic E-state index is 0.0285. The minimum atomic E-state index is -0.541. The van der Waals surface area contributed by atoms with Crippen molar-refractivity contribution in [3.05, 3.63) is 38.2 Å². The maximum Gasteiger partial charge on any atom is 0.271 e. The van der Waals surface area contributed by atoms with Crippen LogP contribution in [0.3, 0.4) is 0 Å². The first kappa shape index (κ1) is 15.4. The Balaban J connectivity index is 1.58. The van der Waals surface area contributed by atoms with Crippen LogP contribution in [0.15, 0.2) is 17.2 Å². The fourth-order valence-electron chi connectivity index (χ4n) is 2.50. The van der Waals surface area contributed by atoms with E-state index < -0.39 is 11.5 Å². The number of anilines is 1. The lowest BCUT2D eigenvalue weighted by molar-refractivity contribution is 0.102. The van der Waals surface area contributed by atoms with Gasteiger partial charge in [-0.1, -0.05) is 11.3 Å². The van der Waals surface area contributed by atoms with Gasteiger partial charge in [-0.05, 0) is 19.8 Å². The standard InChI is InChI=1S/C14H13N5O3S2/c1-7-6-19-12(21)8(5-15-14(19)23-7)10(20)16-13-18-17-11(24-13)9-3-2-4-22-9/h5-6,9H,2-4H2,1H3,(H,16,18,20)/t9-/m1/s1. The molecule has 3 aromatic rings. The first-order valence-electron chi connectivity index (χ1n) is 7.36. The molecule has 4 rings (SSSR count). The lowest BCUT2D eigenvalue weighted by atomic mass is 10.2. The monoisotopic (exact) mass is 363 g/mol. The van der Waals surface area contributed by atoms with E-state index in [1.54, 1.807) is 6.20 Å². The van der Waals surface area contributed by atoms with E-state index in [0.29, 0.717) is 16.7 Å². The molecule has 0 radical (unpaired) electrons. The van der Waals surface area contributed by atoms with Gasteiger partial charge in [0.1, 0.15) is 16.7 Å². The Labute approximate surface area is 144 Å². The SMILES string of the molecule is Cc1cn2c(=O)c(C(=O)Nc3nnc([C@H]4CCCO4)s3)cnc2s1. The summed E-state index contributed by atoms with van der Waals surface area (Å²) >= 11 is 2.65. The number of nitrogens with one attached hydrogen (secondary N) is 1. The molecule has 24 heavy (non-hydrogen) atoms. The summed E-state index contributed by atoms with van der Waals surface area (Å²) in [5.74, 6) is -0.541. The van der Waals surface area contributed by atoms with Gasteiger partial charge in [0.15, 0.2) is 4.96 Å². The topological polar surface area (TPSA) is 98.5 Å². The second-order valence-corrected chi connectivity index (χ2v) is 7.59. The first-order valence-corrected chi connectivity index (χ1v) is 8.99. The van der Waals surface area contributed by atoms with Crippen LogP contribution in [0, 0.1) is 6.92 Å². The Bertz CT molecular complexity index is 970. The fourth-order valence-corrected chi connectivity index (χ4v) is 4.11. The number of hydrogen-bond acceptors (Lipinski definition) is 8. The average Bonchev–Trinajstić information content (AvgIpc) is 3.26. The van der Waals surface area contributed by atoms with Gasteiger partial charge in [-0.15, -0.1) is 21.5 Å². The summed E-state index contributed by atoms with van der Waals surface area (Å²) in [6.07, 6.45) is 4.82. The van der Waals surface area contributed by atoms with Gasteiger partial charge in [0.05, 0.1) is 0 Å². The van der Waals surface area contributed by atoms with Gasteiger partial charge < -0.3 is 4.74 Å². The summed E-state index contributed by atoms with van der Waals surface area (Å²) in [4.78, 5) is 30.4. The van der Waals surface area contributed by atoms with Crippen molar-refractivity contribution in [3.8, 4) is 0 Å². The van der Waals surface area contributed by atoms with Crippen molar-refractivity contribution >= 4 is 38.7 Å². The zero-order valence-corrected chi connectivity index (χ0v) is 14.3. The van der Waals surface area contributed by atoms with Crippen molar-refractivity contribution < 1.29 is 9.53 Å². The zero-order chi connectivity index (χ0) is 16.7. The van der Waals surface area contributed by atoms with Crippen LogP contribution >= 0.6 is 22.7 Å². The molecule has 0 bridgehead atoms. The molecule has 1 amide bonds. The van der Waals surface area contributed by atoms with Crippen molar-refractivity contribution in [2.24, 2.45) is 0 Å². The van der Waals surface area contributed by atoms with Crippen molar-refractivity contribution in [1.29, 1.82) is 0 Å². The second kappa shape index (κ2) is 6.04. The maximum atomic E-state index is 12.4. The van der Waals surface area contributed by atoms with E-state index in [2.05, 4.69) is 20.5 Å². The molecule has 3 aromatic heterocycles. The van der Waals surface area contributed by atoms with E-state index in [4.69, 9.17) is 4.74 Å². The normalized spacial score (nSPS) is 17.5. The number of aryl methyl sites for hydroxylation is 1. The minimum Gasteiger partial charge on any atom is -0.371 e. The summed E-state index contributed by atoms with van der Waals surface area (Å²) in [6.45, 7) is 2.60. The number of rotatable bonds is 3. The molecule has 10 heteroatoms. The Kier molecular flexibility index (Phi) is 3.87. The third kappa shape index (κ3) is 2.72. The lowest BCUT2D eigenvalue weighted by Gasteiger charge is -2.02. The zero-order valence-electron chi connectivity index (χ0n) is 12.7. The number of fused-ring (bicyclic) bond motifs is 1. The molecule has 0 unspecified atom stereocenters. The van der Waals surface area contributed by atoms with E-state index >= 15 is 0 Å². The van der Waals surface area contributed by atoms with Gasteiger partial charge in [-0.3, -0.25) is 19.3 Å². The summed E-state index contributed by atoms with van der Waals surface area (Å²) in [5.41, 5.74) is -0.426. The summed E-state index contributed by atoms with van der Waals surface area (Å²) in [6, 6.07) is 0. The number of ether oxygens (including phenoxy) is 1. The summed E-state index contributed by atoms with van der Waals surface area (Å²) in [7, 11) is 0. The van der Waals surface area contributed by atoms with Gasteiger partial charge in [-0.2, -0.15) is 0 Å². The molecule has 1 aliphatic rings. The number of aromatic nitrogens is 4. The Morgan fingerprint density at radius 3 is 3.08 bits per heavy atom. The highest BCUT2D eigenvalue weighted by atomic mass is 32.1. The van der Waals surface area contributed by atoms with Crippen LogP contribution in [0.2, 0.25) is 0 Å². The van der Waals surface area contributed by atoms with Gasteiger partial charge in [0, 0.05) is 23.9 Å². The molecule has 4 heterocycles. The number of hydrogen-bond donors (Lipinski definition) is 1. The summed E-state index contributed by atoms with van der Waals surface area (Å²) in [5, 5.41) is 11.7. The smallest absolute Gasteiger partial charge is 0.271 e. The predicted octanol–water partition coefficient (Wildman–Crippen LogP) is 2.02. The van der Waals surface area contributed by atoms with Gasteiger partial charge in [0.25, 0.3) is 11.5 Å². The molecule has 1 fully saturated rings. The molecule has 0 spiro atoms. The van der Waals surface area contributed by atoms with Gasteiger partial charge >= 0.3 is 0 Å². The third-order valence-corrected chi connectivity index (χ3v) is 5.48. The van der Waals surface area contributed by atoms with Gasteiger partial charge in [0.2, 0.25) is 5.13 Å². The van der Waals surface area contributed by atoms with E-state index in [1.165, 1.54) is 33.3 Å². The third-order valence-electron chi connectivity index (χ3n) is 3.63. The molecule has 124 valence electrons. The van der Waals surface area contributed by atoms with E-state index in [0.717, 1.165) is 22.7 Å². The molecular formula is C14H13N5O3S2. The molecule has 0 saturated carbocycles. The molecule has 1 atom stereocenters. The van der Waals surface area contributed by atoms with Gasteiger partial charge in [-0.25, -0.2) is 4.98 Å². The van der Waals surface area contributed by atoms with Crippen LogP contribution in [0.4, 0.5) is 5.13 Å². The second-order valence-electron chi connectivity index (χ2n) is 5.37. The molecule has 1 saturated heterocycles. The number of carbonyl (C=O) groups excluding carboxylic acids is 1. The number of amides is 1. The Morgan fingerprint density at radius 2 is 2.29 bits per heavy atom. The average molecular weight is 363 g/mol. The highest BCUT2D eigenvalue weighted by Crippen LogP contribution is 2.31. The number of nitrogens with zero attached hydrogens (tertiary/aromatic N) is 4. The van der Waals surface area contributed by atoms with Crippen molar-refractivity contribution in [1.82, 2.24) is 19.6 Å². The summed E-state index contributed by atoms with van der Waals surface area (Å²) < 4.78 is 6.93. The van der Waals surface area contributed by atoms with Crippen molar-refractivity contribution in [2.75, 3.05) is 11.9 Å². The molecule has 0 aromatic carbocycles. The predicted molar refractivity (Wildman–Crippen MR) is 89.9 cm³/mol. The fraction of sp³-hybridized carbons (Fsp3) is 0.357. The van der Waals surface area contributed by atoms with E-state index in [9.17, 15) is 9.59 Å². The molecular weight excluding hydrogens is 350 g/mol. The Morgan fingerprint density at radius 1 is 1.42 bits per heavy atom. The van der Waals surface area contributed by atoms with Crippen LogP contribution in [0.5, 0.6) is 0 Å². The van der Waals surface area contributed by atoms with Crippen LogP contribution in [0.1, 0.15) is 39.2 Å².